The van der Waals surface area contributed by atoms with Crippen molar-refractivity contribution in [2.24, 2.45) is 5.18 Å². The maximum absolute atomic E-state index is 9.96. The molecule has 0 aromatic rings. The molecule has 4 nitrogen and oxygen atoms in total. The van der Waals surface area contributed by atoms with Gasteiger partial charge >= 0.3 is 0 Å². The lowest BCUT2D eigenvalue weighted by Crippen LogP contribution is -2.25. The van der Waals surface area contributed by atoms with Crippen LogP contribution in [0.1, 0.15) is 0 Å². The van der Waals surface area contributed by atoms with E-state index >= 15 is 0 Å². The van der Waals surface area contributed by atoms with Crippen molar-refractivity contribution >= 4 is 0 Å². The van der Waals surface area contributed by atoms with Crippen LogP contribution in [0.15, 0.2) is 41.5 Å². The summed E-state index contributed by atoms with van der Waals surface area (Å²) >= 11 is 0. The summed E-state index contributed by atoms with van der Waals surface area (Å²) in [5.41, 5.74) is 0.834. The fourth-order valence-corrected chi connectivity index (χ4v) is 1.08. The maximum Gasteiger partial charge on any atom is 0.0788 e. The average Bonchev–Trinajstić information content (AvgIpc) is 2.17. The van der Waals surface area contributed by atoms with Crippen molar-refractivity contribution in [3.63, 3.8) is 0 Å². The smallest absolute Gasteiger partial charge is 0.0788 e. The summed E-state index contributed by atoms with van der Waals surface area (Å²) in [6, 6.07) is 0. The van der Waals surface area contributed by atoms with Gasteiger partial charge in [-0.2, -0.15) is 0 Å². The van der Waals surface area contributed by atoms with Crippen molar-refractivity contribution in [3.8, 4) is 0 Å². The molecule has 14 heavy (non-hydrogen) atoms. The van der Waals surface area contributed by atoms with E-state index in [1.807, 2.05) is 38.6 Å². The zero-order chi connectivity index (χ0) is 10.4. The van der Waals surface area contributed by atoms with Crippen LogP contribution < -0.4 is 0 Å². The van der Waals surface area contributed by atoms with E-state index in [2.05, 4.69) is 15.0 Å². The highest BCUT2D eigenvalue weighted by Gasteiger charge is 2.00. The first-order chi connectivity index (χ1) is 6.72. The number of hydrogen-bond acceptors (Lipinski definition) is 4. The molecule has 0 spiro atoms. The fourth-order valence-electron chi connectivity index (χ4n) is 1.08. The number of allylic oxidation sites excluding steroid dienone is 3. The lowest BCUT2D eigenvalue weighted by Gasteiger charge is -2.20. The van der Waals surface area contributed by atoms with Crippen molar-refractivity contribution in [2.75, 3.05) is 27.2 Å². The molecule has 1 aliphatic heterocycles. The highest BCUT2D eigenvalue weighted by atomic mass is 16.2. The SMILES string of the molecule is CN(C)CCN1C=CC(=CN=O)C=C1. The summed E-state index contributed by atoms with van der Waals surface area (Å²) < 4.78 is 0. The van der Waals surface area contributed by atoms with E-state index in [0.717, 1.165) is 18.7 Å². The van der Waals surface area contributed by atoms with E-state index in [-0.39, 0.29) is 0 Å². The molecule has 1 aliphatic rings. The molecule has 0 N–H and O–H groups in total. The second-order valence-corrected chi connectivity index (χ2v) is 3.41. The zero-order valence-electron chi connectivity index (χ0n) is 8.55. The molecular formula is C10H15N3O. The standard InChI is InChI=1S/C10H15N3O/c1-12(2)7-8-13-5-3-10(4-6-13)9-11-14/h3-6,9H,7-8H2,1-2H3. The van der Waals surface area contributed by atoms with Gasteiger partial charge in [-0.3, -0.25) is 0 Å². The molecule has 0 saturated carbocycles. The second-order valence-electron chi connectivity index (χ2n) is 3.41. The minimum absolute atomic E-state index is 0.834. The number of hydrogen-bond donors (Lipinski definition) is 0. The highest BCUT2D eigenvalue weighted by molar-refractivity contribution is 5.33. The minimum Gasteiger partial charge on any atom is -0.353 e. The van der Waals surface area contributed by atoms with E-state index in [4.69, 9.17) is 0 Å². The topological polar surface area (TPSA) is 35.9 Å². The Hall–Kier alpha value is -1.42. The monoisotopic (exact) mass is 193 g/mol. The quantitative estimate of drug-likeness (QED) is 0.635. The molecule has 0 amide bonds. The van der Waals surface area contributed by atoms with Gasteiger partial charge < -0.3 is 9.80 Å². The largest absolute Gasteiger partial charge is 0.353 e. The lowest BCUT2D eigenvalue weighted by atomic mass is 10.2. The first-order valence-corrected chi connectivity index (χ1v) is 4.52. The molecule has 0 aromatic carbocycles. The molecule has 4 heteroatoms. The van der Waals surface area contributed by atoms with Crippen LogP contribution in [0, 0.1) is 4.91 Å². The van der Waals surface area contributed by atoms with Gasteiger partial charge in [0.2, 0.25) is 0 Å². The van der Waals surface area contributed by atoms with Crippen LogP contribution >= 0.6 is 0 Å². The van der Waals surface area contributed by atoms with Crippen LogP contribution in [0.25, 0.3) is 0 Å². The highest BCUT2D eigenvalue weighted by Crippen LogP contribution is 2.08. The third-order valence-corrected chi connectivity index (χ3v) is 1.92. The van der Waals surface area contributed by atoms with Crippen molar-refractivity contribution in [1.29, 1.82) is 0 Å². The molecule has 0 aliphatic carbocycles. The summed E-state index contributed by atoms with van der Waals surface area (Å²) in [4.78, 5) is 14.2. The maximum atomic E-state index is 9.96. The van der Waals surface area contributed by atoms with Crippen LogP contribution in [0.3, 0.4) is 0 Å². The molecular weight excluding hydrogens is 178 g/mol. The van der Waals surface area contributed by atoms with Gasteiger partial charge in [-0.25, -0.2) is 0 Å². The van der Waals surface area contributed by atoms with Gasteiger partial charge in [0, 0.05) is 25.5 Å². The van der Waals surface area contributed by atoms with Gasteiger partial charge in [0.25, 0.3) is 0 Å². The second kappa shape index (κ2) is 5.34. The molecule has 0 saturated heterocycles. The van der Waals surface area contributed by atoms with Crippen molar-refractivity contribution in [1.82, 2.24) is 9.80 Å². The number of nitroso groups, excluding NO2 is 1. The first kappa shape index (κ1) is 10.7. The Bertz CT molecular complexity index is 263. The van der Waals surface area contributed by atoms with Gasteiger partial charge in [0.1, 0.15) is 0 Å². The van der Waals surface area contributed by atoms with Crippen LogP contribution in [-0.2, 0) is 0 Å². The Balaban J connectivity index is 2.41. The van der Waals surface area contributed by atoms with Crippen LogP contribution in [0.4, 0.5) is 0 Å². The van der Waals surface area contributed by atoms with Gasteiger partial charge in [-0.05, 0) is 37.0 Å². The van der Waals surface area contributed by atoms with Crippen molar-refractivity contribution in [2.45, 2.75) is 0 Å². The van der Waals surface area contributed by atoms with Gasteiger partial charge in [0.05, 0.1) is 6.20 Å². The average molecular weight is 193 g/mol. The summed E-state index contributed by atoms with van der Waals surface area (Å²) in [5.74, 6) is 0. The van der Waals surface area contributed by atoms with E-state index in [9.17, 15) is 4.91 Å². The molecule has 1 heterocycles. The molecule has 0 fully saturated rings. The third kappa shape index (κ3) is 3.53. The van der Waals surface area contributed by atoms with Gasteiger partial charge in [-0.1, -0.05) is 0 Å². The number of likely N-dealkylation sites (N-methyl/N-ethyl adjacent to an activating group) is 1. The molecule has 76 valence electrons. The summed E-state index contributed by atoms with van der Waals surface area (Å²) in [7, 11) is 4.08. The van der Waals surface area contributed by atoms with E-state index in [1.54, 1.807) is 0 Å². The number of rotatable bonds is 4. The predicted octanol–water partition coefficient (Wildman–Crippen LogP) is 1.54. The van der Waals surface area contributed by atoms with Gasteiger partial charge in [-0.15, -0.1) is 4.91 Å². The summed E-state index contributed by atoms with van der Waals surface area (Å²) in [5, 5.41) is 2.72. The third-order valence-electron chi connectivity index (χ3n) is 1.92. The molecule has 0 atom stereocenters. The van der Waals surface area contributed by atoms with Crippen molar-refractivity contribution < 1.29 is 0 Å². The molecule has 0 aromatic heterocycles. The molecule has 0 bridgehead atoms. The Kier molecular flexibility index (Phi) is 4.07. The fraction of sp³-hybridized carbons (Fsp3) is 0.400. The summed E-state index contributed by atoms with van der Waals surface area (Å²) in [6.45, 7) is 1.95. The normalized spacial score (nSPS) is 15.1. The number of nitrogens with zero attached hydrogens (tertiary/aromatic N) is 3. The van der Waals surface area contributed by atoms with Crippen LogP contribution in [-0.4, -0.2) is 37.0 Å². The molecule has 0 unspecified atom stereocenters. The molecule has 1 rings (SSSR count). The predicted molar refractivity (Wildman–Crippen MR) is 57.4 cm³/mol. The first-order valence-electron chi connectivity index (χ1n) is 4.52. The van der Waals surface area contributed by atoms with E-state index < -0.39 is 0 Å². The van der Waals surface area contributed by atoms with Crippen molar-refractivity contribution in [3.05, 3.63) is 41.2 Å². The lowest BCUT2D eigenvalue weighted by molar-refractivity contribution is 0.356. The Morgan fingerprint density at radius 2 is 2.07 bits per heavy atom. The van der Waals surface area contributed by atoms with Crippen LogP contribution in [0.2, 0.25) is 0 Å². The summed E-state index contributed by atoms with van der Waals surface area (Å²) in [6.07, 6.45) is 8.94. The minimum atomic E-state index is 0.834. The Morgan fingerprint density at radius 1 is 1.43 bits per heavy atom. The zero-order valence-corrected chi connectivity index (χ0v) is 8.55. The Labute approximate surface area is 84.2 Å². The molecule has 0 radical (unpaired) electrons. The van der Waals surface area contributed by atoms with Gasteiger partial charge in [0.15, 0.2) is 0 Å². The van der Waals surface area contributed by atoms with E-state index in [1.165, 1.54) is 6.20 Å². The van der Waals surface area contributed by atoms with E-state index in [0.29, 0.717) is 0 Å². The Morgan fingerprint density at radius 3 is 2.57 bits per heavy atom. The van der Waals surface area contributed by atoms with Crippen LogP contribution in [0.5, 0.6) is 0 Å².